The van der Waals surface area contributed by atoms with Crippen molar-refractivity contribution in [2.24, 2.45) is 5.73 Å². The zero-order valence-corrected chi connectivity index (χ0v) is 11.2. The molecule has 2 amide bonds. The quantitative estimate of drug-likeness (QED) is 0.590. The van der Waals surface area contributed by atoms with E-state index in [1.165, 1.54) is 12.2 Å². The Hall–Kier alpha value is -2.34. The zero-order chi connectivity index (χ0) is 15.0. The van der Waals surface area contributed by atoms with Crippen LogP contribution in [0.15, 0.2) is 30.3 Å². The van der Waals surface area contributed by atoms with Crippen molar-refractivity contribution in [3.63, 3.8) is 0 Å². The molecule has 1 rings (SSSR count). The molecule has 6 nitrogen and oxygen atoms in total. The van der Waals surface area contributed by atoms with Gasteiger partial charge in [0.05, 0.1) is 6.54 Å². The molecule has 0 fully saturated rings. The van der Waals surface area contributed by atoms with Crippen LogP contribution < -0.4 is 11.1 Å². The normalized spacial score (nSPS) is 10.2. The van der Waals surface area contributed by atoms with Gasteiger partial charge in [-0.2, -0.15) is 0 Å². The molecule has 1 aromatic carbocycles. The lowest BCUT2D eigenvalue weighted by Gasteiger charge is -2.02. The summed E-state index contributed by atoms with van der Waals surface area (Å²) in [7, 11) is 0. The van der Waals surface area contributed by atoms with Crippen molar-refractivity contribution < 1.29 is 19.1 Å². The van der Waals surface area contributed by atoms with Crippen molar-refractivity contribution in [1.29, 1.82) is 0 Å². The number of hydrogen-bond donors (Lipinski definition) is 2. The van der Waals surface area contributed by atoms with Crippen LogP contribution in [0, 0.1) is 0 Å². The van der Waals surface area contributed by atoms with Gasteiger partial charge in [0.25, 0.3) is 5.91 Å². The number of carbonyl (C=O) groups is 3. The number of carbonyl (C=O) groups excluding carboxylic acids is 3. The lowest BCUT2D eigenvalue weighted by Crippen LogP contribution is -2.35. The highest BCUT2D eigenvalue weighted by Gasteiger charge is 2.05. The molecule has 0 aliphatic rings. The Morgan fingerprint density at radius 2 is 1.90 bits per heavy atom. The van der Waals surface area contributed by atoms with E-state index in [9.17, 15) is 14.4 Å². The molecule has 0 heterocycles. The van der Waals surface area contributed by atoms with E-state index in [1.54, 1.807) is 24.3 Å². The van der Waals surface area contributed by atoms with Crippen molar-refractivity contribution >= 4 is 35.5 Å². The smallest absolute Gasteiger partial charge is 0.331 e. The van der Waals surface area contributed by atoms with Crippen LogP contribution in [0.5, 0.6) is 0 Å². The first-order chi connectivity index (χ1) is 9.47. The van der Waals surface area contributed by atoms with Gasteiger partial charge in [-0.3, -0.25) is 9.59 Å². The van der Waals surface area contributed by atoms with Crippen LogP contribution in [0.3, 0.4) is 0 Å². The molecule has 0 saturated carbocycles. The van der Waals surface area contributed by atoms with Crippen molar-refractivity contribution in [3.8, 4) is 0 Å². The second-order valence-electron chi connectivity index (χ2n) is 3.74. The van der Waals surface area contributed by atoms with Crippen LogP contribution in [0.1, 0.15) is 5.56 Å². The van der Waals surface area contributed by atoms with Gasteiger partial charge in [-0.25, -0.2) is 4.79 Å². The Morgan fingerprint density at radius 1 is 1.25 bits per heavy atom. The van der Waals surface area contributed by atoms with E-state index in [0.717, 1.165) is 5.56 Å². The molecule has 0 atom stereocenters. The topological polar surface area (TPSA) is 98.5 Å². The average molecular weight is 297 g/mol. The fourth-order valence-corrected chi connectivity index (χ4v) is 1.29. The minimum absolute atomic E-state index is 0.295. The van der Waals surface area contributed by atoms with E-state index in [-0.39, 0.29) is 6.54 Å². The molecule has 0 aliphatic carbocycles. The molecular weight excluding hydrogens is 284 g/mol. The van der Waals surface area contributed by atoms with E-state index < -0.39 is 24.4 Å². The van der Waals surface area contributed by atoms with Gasteiger partial charge < -0.3 is 15.8 Å². The number of primary amides is 1. The zero-order valence-electron chi connectivity index (χ0n) is 10.5. The predicted octanol–water partition coefficient (Wildman–Crippen LogP) is 0.498. The van der Waals surface area contributed by atoms with Crippen LogP contribution in [0.25, 0.3) is 6.08 Å². The average Bonchev–Trinajstić information content (AvgIpc) is 2.42. The number of hydrogen-bond acceptors (Lipinski definition) is 4. The van der Waals surface area contributed by atoms with Crippen LogP contribution in [-0.4, -0.2) is 30.9 Å². The summed E-state index contributed by atoms with van der Waals surface area (Å²) < 4.78 is 4.67. The second kappa shape index (κ2) is 7.96. The first-order valence-corrected chi connectivity index (χ1v) is 6.00. The van der Waals surface area contributed by atoms with Gasteiger partial charge in [0.15, 0.2) is 6.61 Å². The molecule has 0 saturated heterocycles. The highest BCUT2D eigenvalue weighted by atomic mass is 35.5. The van der Waals surface area contributed by atoms with Gasteiger partial charge in [-0.05, 0) is 23.8 Å². The Morgan fingerprint density at radius 3 is 2.50 bits per heavy atom. The van der Waals surface area contributed by atoms with Crippen molar-refractivity contribution in [2.45, 2.75) is 0 Å². The minimum atomic E-state index is -0.674. The molecular formula is C13H13ClN2O4. The minimum Gasteiger partial charge on any atom is -0.452 e. The number of ether oxygens (including phenoxy) is 1. The molecule has 20 heavy (non-hydrogen) atoms. The van der Waals surface area contributed by atoms with Gasteiger partial charge in [0.2, 0.25) is 5.91 Å². The van der Waals surface area contributed by atoms with Gasteiger partial charge in [-0.1, -0.05) is 23.7 Å². The first-order valence-electron chi connectivity index (χ1n) is 5.63. The van der Waals surface area contributed by atoms with Gasteiger partial charge in [0, 0.05) is 11.1 Å². The number of nitrogens with one attached hydrogen (secondary N) is 1. The number of rotatable bonds is 6. The highest BCUT2D eigenvalue weighted by molar-refractivity contribution is 6.30. The predicted molar refractivity (Wildman–Crippen MR) is 73.6 cm³/mol. The van der Waals surface area contributed by atoms with Crippen LogP contribution in [0.2, 0.25) is 5.02 Å². The fourth-order valence-electron chi connectivity index (χ4n) is 1.16. The molecule has 0 bridgehead atoms. The molecule has 0 aliphatic heterocycles. The number of esters is 1. The summed E-state index contributed by atoms with van der Waals surface area (Å²) in [6.07, 6.45) is 2.71. The van der Waals surface area contributed by atoms with Gasteiger partial charge >= 0.3 is 5.97 Å². The number of halogens is 1. The monoisotopic (exact) mass is 296 g/mol. The van der Waals surface area contributed by atoms with Crippen molar-refractivity contribution in [2.75, 3.05) is 13.2 Å². The highest BCUT2D eigenvalue weighted by Crippen LogP contribution is 2.10. The van der Waals surface area contributed by atoms with Gasteiger partial charge in [-0.15, -0.1) is 0 Å². The van der Waals surface area contributed by atoms with E-state index >= 15 is 0 Å². The summed E-state index contributed by atoms with van der Waals surface area (Å²) in [4.78, 5) is 32.9. The summed E-state index contributed by atoms with van der Waals surface area (Å²) in [5, 5.41) is 2.78. The lowest BCUT2D eigenvalue weighted by atomic mass is 10.2. The molecule has 1 aromatic rings. The Kier molecular flexibility index (Phi) is 6.25. The molecule has 0 spiro atoms. The van der Waals surface area contributed by atoms with E-state index in [2.05, 4.69) is 10.1 Å². The summed E-state index contributed by atoms with van der Waals surface area (Å²) in [6.45, 7) is -0.770. The number of nitrogens with two attached hydrogens (primary N) is 1. The van der Waals surface area contributed by atoms with Crippen molar-refractivity contribution in [1.82, 2.24) is 5.32 Å². The van der Waals surface area contributed by atoms with Crippen LogP contribution in [-0.2, 0) is 19.1 Å². The summed E-state index contributed by atoms with van der Waals surface area (Å²) in [6, 6.07) is 6.82. The second-order valence-corrected chi connectivity index (χ2v) is 4.17. The SMILES string of the molecule is NC(=O)CNC(=O)COC(=O)/C=C/c1ccc(Cl)cc1. The Labute approximate surface area is 120 Å². The largest absolute Gasteiger partial charge is 0.452 e. The fraction of sp³-hybridized carbons (Fsp3) is 0.154. The van der Waals surface area contributed by atoms with Crippen LogP contribution >= 0.6 is 11.6 Å². The van der Waals surface area contributed by atoms with Crippen molar-refractivity contribution in [3.05, 3.63) is 40.9 Å². The Balaban J connectivity index is 2.34. The third kappa shape index (κ3) is 6.55. The maximum absolute atomic E-state index is 11.3. The standard InChI is InChI=1S/C13H13ClN2O4/c14-10-4-1-9(2-5-10)3-6-13(19)20-8-12(18)16-7-11(15)17/h1-6H,7-8H2,(H2,15,17)(H,16,18)/b6-3+. The molecule has 0 unspecified atom stereocenters. The lowest BCUT2D eigenvalue weighted by molar-refractivity contribution is -0.143. The van der Waals surface area contributed by atoms with Gasteiger partial charge in [0.1, 0.15) is 0 Å². The Bertz CT molecular complexity index is 526. The number of benzene rings is 1. The third-order valence-electron chi connectivity index (χ3n) is 2.09. The molecule has 0 radical (unpaired) electrons. The molecule has 106 valence electrons. The molecule has 0 aromatic heterocycles. The van der Waals surface area contributed by atoms with E-state index in [1.807, 2.05) is 0 Å². The van der Waals surface area contributed by atoms with E-state index in [4.69, 9.17) is 17.3 Å². The maximum atomic E-state index is 11.3. The number of amides is 2. The molecule has 7 heteroatoms. The summed E-state index contributed by atoms with van der Waals surface area (Å²) in [5.74, 6) is -1.95. The first kappa shape index (κ1) is 15.7. The summed E-state index contributed by atoms with van der Waals surface area (Å²) >= 11 is 5.72. The third-order valence-corrected chi connectivity index (χ3v) is 2.34. The summed E-state index contributed by atoms with van der Waals surface area (Å²) in [5.41, 5.74) is 5.61. The maximum Gasteiger partial charge on any atom is 0.331 e. The van der Waals surface area contributed by atoms with Crippen LogP contribution in [0.4, 0.5) is 0 Å². The molecule has 3 N–H and O–H groups in total. The van der Waals surface area contributed by atoms with E-state index in [0.29, 0.717) is 5.02 Å².